The summed E-state index contributed by atoms with van der Waals surface area (Å²) < 4.78 is 12.5. The first-order valence-electron chi connectivity index (χ1n) is 10.2. The first-order valence-corrected chi connectivity index (χ1v) is 10.6. The van der Waals surface area contributed by atoms with E-state index in [1.54, 1.807) is 18.0 Å². The summed E-state index contributed by atoms with van der Waals surface area (Å²) in [5, 5.41) is 5.16. The van der Waals surface area contributed by atoms with Crippen LogP contribution in [0.15, 0.2) is 35.1 Å². The summed E-state index contributed by atoms with van der Waals surface area (Å²) in [6.07, 6.45) is 3.11. The number of ether oxygens (including phenoxy) is 1. The van der Waals surface area contributed by atoms with Crippen LogP contribution in [0.5, 0.6) is 5.75 Å². The Morgan fingerprint density at radius 2 is 2.13 bits per heavy atom. The molecule has 31 heavy (non-hydrogen) atoms. The number of anilines is 1. The van der Waals surface area contributed by atoms with E-state index in [-0.39, 0.29) is 18.5 Å². The predicted molar refractivity (Wildman–Crippen MR) is 119 cm³/mol. The maximum absolute atomic E-state index is 13.1. The third-order valence-corrected chi connectivity index (χ3v) is 6.19. The Morgan fingerprint density at radius 1 is 1.32 bits per heavy atom. The van der Waals surface area contributed by atoms with Crippen molar-refractivity contribution < 1.29 is 13.9 Å². The van der Waals surface area contributed by atoms with Crippen molar-refractivity contribution in [2.75, 3.05) is 31.6 Å². The normalized spacial score (nSPS) is 16.6. The summed E-state index contributed by atoms with van der Waals surface area (Å²) in [6.45, 7) is 8.27. The van der Waals surface area contributed by atoms with E-state index in [1.165, 1.54) is 6.26 Å². The zero-order chi connectivity index (χ0) is 22.1. The quantitative estimate of drug-likeness (QED) is 0.600. The van der Waals surface area contributed by atoms with Gasteiger partial charge in [0.25, 0.3) is 0 Å². The lowest BCUT2D eigenvalue weighted by molar-refractivity contribution is -0.134. The first-order chi connectivity index (χ1) is 14.9. The molecule has 1 atom stereocenters. The molecule has 0 radical (unpaired) electrons. The van der Waals surface area contributed by atoms with Crippen LogP contribution >= 0.6 is 11.6 Å². The van der Waals surface area contributed by atoms with Gasteiger partial charge in [-0.3, -0.25) is 9.48 Å². The van der Waals surface area contributed by atoms with E-state index < -0.39 is 0 Å². The van der Waals surface area contributed by atoms with E-state index in [9.17, 15) is 4.79 Å². The molecular weight excluding hydrogens is 418 g/mol. The van der Waals surface area contributed by atoms with E-state index in [4.69, 9.17) is 20.8 Å². The second-order valence-electron chi connectivity index (χ2n) is 7.75. The average molecular weight is 444 g/mol. The van der Waals surface area contributed by atoms with Crippen LogP contribution in [0.3, 0.4) is 0 Å². The predicted octanol–water partition coefficient (Wildman–Crippen LogP) is 3.55. The summed E-state index contributed by atoms with van der Waals surface area (Å²) in [6, 6.07) is 5.82. The molecule has 0 aliphatic carbocycles. The Kier molecular flexibility index (Phi) is 5.91. The minimum atomic E-state index is 0.0467. The molecule has 1 aliphatic rings. The average Bonchev–Trinajstić information content (AvgIpc) is 3.38. The number of benzene rings is 1. The van der Waals surface area contributed by atoms with Crippen molar-refractivity contribution in [2.24, 2.45) is 0 Å². The van der Waals surface area contributed by atoms with Crippen LogP contribution in [-0.4, -0.2) is 58.4 Å². The highest BCUT2D eigenvalue weighted by molar-refractivity contribution is 6.32. The van der Waals surface area contributed by atoms with Crippen molar-refractivity contribution in [3.63, 3.8) is 0 Å². The summed E-state index contributed by atoms with van der Waals surface area (Å²) in [4.78, 5) is 21.4. The van der Waals surface area contributed by atoms with Gasteiger partial charge in [0.05, 0.1) is 18.3 Å². The van der Waals surface area contributed by atoms with E-state index in [0.29, 0.717) is 28.9 Å². The fourth-order valence-corrected chi connectivity index (χ4v) is 4.15. The molecule has 8 nitrogen and oxygen atoms in total. The molecule has 0 unspecified atom stereocenters. The summed E-state index contributed by atoms with van der Waals surface area (Å²) in [5.41, 5.74) is 3.60. The first kappa shape index (κ1) is 21.2. The van der Waals surface area contributed by atoms with Gasteiger partial charge < -0.3 is 19.0 Å². The number of carbonyl (C=O) groups excluding carboxylic acids is 1. The van der Waals surface area contributed by atoms with Crippen molar-refractivity contribution >= 4 is 23.2 Å². The molecule has 3 aromatic rings. The lowest BCUT2D eigenvalue weighted by Crippen LogP contribution is -2.54. The van der Waals surface area contributed by atoms with Crippen LogP contribution < -0.4 is 9.64 Å². The van der Waals surface area contributed by atoms with Gasteiger partial charge >= 0.3 is 0 Å². The molecule has 0 N–H and O–H groups in total. The molecule has 0 saturated carbocycles. The summed E-state index contributed by atoms with van der Waals surface area (Å²) >= 11 is 6.15. The van der Waals surface area contributed by atoms with Crippen LogP contribution in [0.4, 0.5) is 5.69 Å². The van der Waals surface area contributed by atoms with E-state index >= 15 is 0 Å². The number of carbonyl (C=O) groups is 1. The second-order valence-corrected chi connectivity index (χ2v) is 8.16. The van der Waals surface area contributed by atoms with Crippen LogP contribution in [0.2, 0.25) is 5.02 Å². The van der Waals surface area contributed by atoms with Crippen LogP contribution in [-0.2, 0) is 11.3 Å². The monoisotopic (exact) mass is 443 g/mol. The molecule has 1 aliphatic heterocycles. The lowest BCUT2D eigenvalue weighted by atomic mass is 10.1. The maximum atomic E-state index is 13.1. The molecule has 1 amide bonds. The Balaban J connectivity index is 1.45. The minimum absolute atomic E-state index is 0.0467. The Labute approximate surface area is 186 Å². The smallest absolute Gasteiger partial charge is 0.247 e. The highest BCUT2D eigenvalue weighted by Gasteiger charge is 2.29. The number of nitrogens with zero attached hydrogens (tertiary/aromatic N) is 5. The topological polar surface area (TPSA) is 76.6 Å². The largest absolute Gasteiger partial charge is 0.495 e. The number of hydrogen-bond donors (Lipinski definition) is 0. The molecule has 4 rings (SSSR count). The number of rotatable bonds is 5. The number of oxazole rings is 1. The van der Waals surface area contributed by atoms with E-state index in [0.717, 1.165) is 30.0 Å². The van der Waals surface area contributed by atoms with Gasteiger partial charge in [-0.1, -0.05) is 11.6 Å². The number of halogens is 1. The summed E-state index contributed by atoms with van der Waals surface area (Å²) in [5.74, 6) is 1.16. The van der Waals surface area contributed by atoms with E-state index in [1.807, 2.05) is 36.9 Å². The molecule has 1 fully saturated rings. The summed E-state index contributed by atoms with van der Waals surface area (Å²) in [7, 11) is 1.61. The van der Waals surface area contributed by atoms with Gasteiger partial charge in [0, 0.05) is 48.7 Å². The molecule has 0 spiro atoms. The van der Waals surface area contributed by atoms with Crippen molar-refractivity contribution in [1.29, 1.82) is 0 Å². The number of piperazine rings is 1. The zero-order valence-electron chi connectivity index (χ0n) is 18.1. The highest BCUT2D eigenvalue weighted by Crippen LogP contribution is 2.30. The minimum Gasteiger partial charge on any atom is -0.495 e. The van der Waals surface area contributed by atoms with Gasteiger partial charge in [0.1, 0.15) is 18.6 Å². The Hall–Kier alpha value is -3.00. The number of methoxy groups -OCH3 is 1. The number of amides is 1. The van der Waals surface area contributed by atoms with Gasteiger partial charge in [-0.15, -0.1) is 0 Å². The molecular formula is C22H26ClN5O3. The zero-order valence-corrected chi connectivity index (χ0v) is 18.9. The van der Waals surface area contributed by atoms with Crippen molar-refractivity contribution in [3.05, 3.63) is 46.9 Å². The van der Waals surface area contributed by atoms with Crippen molar-refractivity contribution in [1.82, 2.24) is 19.7 Å². The fourth-order valence-electron chi connectivity index (χ4n) is 3.96. The Morgan fingerprint density at radius 3 is 2.81 bits per heavy atom. The number of hydrogen-bond acceptors (Lipinski definition) is 6. The third kappa shape index (κ3) is 4.12. The second kappa shape index (κ2) is 8.63. The highest BCUT2D eigenvalue weighted by atomic mass is 35.5. The molecule has 3 heterocycles. The standard InChI is InChI=1S/C22H26ClN5O3/c1-14-12-26(17-5-6-18(23)19(11-17)30-4)8-9-27(14)20(29)13-28-16(3)15(2)21(25-28)22-24-7-10-31-22/h5-7,10-11,14H,8-9,12-13H2,1-4H3/t14-/m0/s1. The van der Waals surface area contributed by atoms with E-state index in [2.05, 4.69) is 21.9 Å². The van der Waals surface area contributed by atoms with Crippen molar-refractivity contribution in [3.8, 4) is 17.3 Å². The van der Waals surface area contributed by atoms with Gasteiger partial charge in [-0.25, -0.2) is 4.98 Å². The maximum Gasteiger partial charge on any atom is 0.247 e. The van der Waals surface area contributed by atoms with Crippen LogP contribution in [0.1, 0.15) is 18.2 Å². The fraction of sp³-hybridized carbons (Fsp3) is 0.409. The molecule has 1 aromatic carbocycles. The van der Waals surface area contributed by atoms with Crippen LogP contribution in [0.25, 0.3) is 11.6 Å². The third-order valence-electron chi connectivity index (χ3n) is 5.87. The molecule has 0 bridgehead atoms. The van der Waals surface area contributed by atoms with Gasteiger partial charge in [0.2, 0.25) is 11.8 Å². The van der Waals surface area contributed by atoms with Crippen LogP contribution in [0, 0.1) is 13.8 Å². The molecule has 2 aromatic heterocycles. The molecule has 164 valence electrons. The Bertz CT molecular complexity index is 1080. The van der Waals surface area contributed by atoms with Gasteiger partial charge in [-0.05, 0) is 32.9 Å². The SMILES string of the molecule is COc1cc(N2CCN(C(=O)Cn3nc(-c4ncco4)c(C)c3C)[C@@H](C)C2)ccc1Cl. The van der Waals surface area contributed by atoms with Crippen molar-refractivity contribution in [2.45, 2.75) is 33.4 Å². The van der Waals surface area contributed by atoms with Gasteiger partial charge in [0.15, 0.2) is 5.69 Å². The van der Waals surface area contributed by atoms with Gasteiger partial charge in [-0.2, -0.15) is 5.10 Å². The molecule has 9 heteroatoms. The molecule has 1 saturated heterocycles. The number of aromatic nitrogens is 3. The lowest BCUT2D eigenvalue weighted by Gasteiger charge is -2.41.